The molecular weight excluding hydrogens is 274 g/mol. The lowest BCUT2D eigenvalue weighted by atomic mass is 10.1. The maximum atomic E-state index is 12.2. The van der Waals surface area contributed by atoms with E-state index >= 15 is 0 Å². The summed E-state index contributed by atoms with van der Waals surface area (Å²) >= 11 is 0. The fraction of sp³-hybridized carbons (Fsp3) is 0.316. The number of fused-ring (bicyclic) bond motifs is 1. The summed E-state index contributed by atoms with van der Waals surface area (Å²) in [5.74, 6) is 0.966. The molecule has 0 heterocycles. The average molecular weight is 295 g/mol. The zero-order valence-corrected chi connectivity index (χ0v) is 12.8. The molecule has 0 spiro atoms. The standard InChI is InChI=1S/C19H21NO2/c1-22-16-10-6-14(7-11-16)8-13-19(21)20-18-12-9-15-4-2-3-5-17(15)18/h2-7,10-11,18H,8-9,12-13H2,1H3,(H,20,21). The molecule has 0 saturated carbocycles. The van der Waals surface area contributed by atoms with Gasteiger partial charge in [-0.15, -0.1) is 0 Å². The molecule has 0 fully saturated rings. The summed E-state index contributed by atoms with van der Waals surface area (Å²) < 4.78 is 5.14. The van der Waals surface area contributed by atoms with Crippen LogP contribution in [0.25, 0.3) is 0 Å². The first kappa shape index (κ1) is 14.6. The van der Waals surface area contributed by atoms with Crippen molar-refractivity contribution in [1.29, 1.82) is 0 Å². The molecule has 0 aromatic heterocycles. The topological polar surface area (TPSA) is 38.3 Å². The van der Waals surface area contributed by atoms with Crippen molar-refractivity contribution in [3.8, 4) is 5.75 Å². The molecule has 114 valence electrons. The van der Waals surface area contributed by atoms with Crippen LogP contribution in [0.2, 0.25) is 0 Å². The van der Waals surface area contributed by atoms with Gasteiger partial charge in [0.05, 0.1) is 13.2 Å². The van der Waals surface area contributed by atoms with Gasteiger partial charge in [-0.25, -0.2) is 0 Å². The van der Waals surface area contributed by atoms with E-state index in [1.165, 1.54) is 11.1 Å². The Morgan fingerprint density at radius 2 is 1.95 bits per heavy atom. The van der Waals surface area contributed by atoms with Gasteiger partial charge in [0.25, 0.3) is 0 Å². The number of amides is 1. The first-order chi connectivity index (χ1) is 10.8. The highest BCUT2D eigenvalue weighted by molar-refractivity contribution is 5.77. The second-order valence-corrected chi connectivity index (χ2v) is 5.71. The lowest BCUT2D eigenvalue weighted by Gasteiger charge is -2.14. The molecule has 3 nitrogen and oxygen atoms in total. The molecule has 2 aromatic rings. The van der Waals surface area contributed by atoms with Crippen molar-refractivity contribution in [1.82, 2.24) is 5.32 Å². The summed E-state index contributed by atoms with van der Waals surface area (Å²) in [6.45, 7) is 0. The normalized spacial score (nSPS) is 16.1. The highest BCUT2D eigenvalue weighted by Gasteiger charge is 2.22. The fourth-order valence-corrected chi connectivity index (χ4v) is 3.02. The van der Waals surface area contributed by atoms with E-state index in [2.05, 4.69) is 23.5 Å². The van der Waals surface area contributed by atoms with Crippen LogP contribution >= 0.6 is 0 Å². The average Bonchev–Trinajstić information content (AvgIpc) is 2.97. The van der Waals surface area contributed by atoms with Crippen molar-refractivity contribution in [2.45, 2.75) is 31.7 Å². The Kier molecular flexibility index (Phi) is 4.42. The van der Waals surface area contributed by atoms with E-state index in [9.17, 15) is 4.79 Å². The molecule has 0 aliphatic heterocycles. The van der Waals surface area contributed by atoms with Crippen LogP contribution in [0.4, 0.5) is 0 Å². The molecule has 3 rings (SSSR count). The van der Waals surface area contributed by atoms with Crippen LogP contribution in [0.15, 0.2) is 48.5 Å². The van der Waals surface area contributed by atoms with E-state index in [-0.39, 0.29) is 11.9 Å². The smallest absolute Gasteiger partial charge is 0.220 e. The number of benzene rings is 2. The number of methoxy groups -OCH3 is 1. The summed E-state index contributed by atoms with van der Waals surface area (Å²) in [5, 5.41) is 3.16. The molecule has 0 bridgehead atoms. The van der Waals surface area contributed by atoms with Gasteiger partial charge in [0, 0.05) is 6.42 Å². The first-order valence-corrected chi connectivity index (χ1v) is 7.76. The molecule has 2 aromatic carbocycles. The van der Waals surface area contributed by atoms with Gasteiger partial charge in [-0.05, 0) is 48.1 Å². The largest absolute Gasteiger partial charge is 0.497 e. The maximum Gasteiger partial charge on any atom is 0.220 e. The van der Waals surface area contributed by atoms with Crippen LogP contribution in [0, 0.1) is 0 Å². The van der Waals surface area contributed by atoms with Crippen LogP contribution in [0.5, 0.6) is 5.75 Å². The third-order valence-corrected chi connectivity index (χ3v) is 4.27. The molecule has 1 amide bonds. The van der Waals surface area contributed by atoms with Crippen LogP contribution in [-0.4, -0.2) is 13.0 Å². The minimum Gasteiger partial charge on any atom is -0.497 e. The fourth-order valence-electron chi connectivity index (χ4n) is 3.02. The third kappa shape index (κ3) is 3.30. The van der Waals surface area contributed by atoms with Crippen molar-refractivity contribution in [3.05, 3.63) is 65.2 Å². The quantitative estimate of drug-likeness (QED) is 0.917. The van der Waals surface area contributed by atoms with Crippen molar-refractivity contribution in [2.75, 3.05) is 7.11 Å². The molecule has 1 N–H and O–H groups in total. The van der Waals surface area contributed by atoms with Gasteiger partial charge >= 0.3 is 0 Å². The van der Waals surface area contributed by atoms with Crippen molar-refractivity contribution >= 4 is 5.91 Å². The van der Waals surface area contributed by atoms with E-state index in [0.717, 1.165) is 30.6 Å². The number of nitrogens with one attached hydrogen (secondary N) is 1. The van der Waals surface area contributed by atoms with Gasteiger partial charge in [0.2, 0.25) is 5.91 Å². The molecule has 1 aliphatic carbocycles. The number of hydrogen-bond donors (Lipinski definition) is 1. The monoisotopic (exact) mass is 295 g/mol. The van der Waals surface area contributed by atoms with E-state index in [4.69, 9.17) is 4.74 Å². The van der Waals surface area contributed by atoms with Gasteiger partial charge in [0.15, 0.2) is 0 Å². The van der Waals surface area contributed by atoms with E-state index in [1.54, 1.807) is 7.11 Å². The molecule has 1 atom stereocenters. The summed E-state index contributed by atoms with van der Waals surface area (Å²) in [5.41, 5.74) is 3.80. The molecule has 1 aliphatic rings. The minimum absolute atomic E-state index is 0.123. The molecule has 1 unspecified atom stereocenters. The Hall–Kier alpha value is -2.29. The van der Waals surface area contributed by atoms with Crippen LogP contribution in [0.3, 0.4) is 0 Å². The Bertz CT molecular complexity index is 649. The van der Waals surface area contributed by atoms with E-state index in [0.29, 0.717) is 6.42 Å². The Morgan fingerprint density at radius 3 is 2.73 bits per heavy atom. The van der Waals surface area contributed by atoms with Gasteiger partial charge in [-0.2, -0.15) is 0 Å². The van der Waals surface area contributed by atoms with Gasteiger partial charge in [0.1, 0.15) is 5.75 Å². The van der Waals surface area contributed by atoms with Crippen LogP contribution < -0.4 is 10.1 Å². The van der Waals surface area contributed by atoms with Crippen molar-refractivity contribution in [3.63, 3.8) is 0 Å². The number of ether oxygens (including phenoxy) is 1. The lowest BCUT2D eigenvalue weighted by Crippen LogP contribution is -2.27. The summed E-state index contributed by atoms with van der Waals surface area (Å²) in [4.78, 5) is 12.2. The zero-order valence-electron chi connectivity index (χ0n) is 12.8. The zero-order chi connectivity index (χ0) is 15.4. The van der Waals surface area contributed by atoms with Gasteiger partial charge in [-0.3, -0.25) is 4.79 Å². The van der Waals surface area contributed by atoms with Crippen molar-refractivity contribution < 1.29 is 9.53 Å². The molecule has 3 heteroatoms. The highest BCUT2D eigenvalue weighted by Crippen LogP contribution is 2.30. The Balaban J connectivity index is 1.53. The number of carbonyl (C=O) groups is 1. The number of hydrogen-bond acceptors (Lipinski definition) is 2. The molecule has 0 radical (unpaired) electrons. The predicted molar refractivity (Wildman–Crippen MR) is 87.0 cm³/mol. The number of aryl methyl sites for hydroxylation is 2. The highest BCUT2D eigenvalue weighted by atomic mass is 16.5. The predicted octanol–water partition coefficient (Wildman–Crippen LogP) is 3.43. The maximum absolute atomic E-state index is 12.2. The summed E-state index contributed by atoms with van der Waals surface area (Å²) in [7, 11) is 1.65. The third-order valence-electron chi connectivity index (χ3n) is 4.27. The minimum atomic E-state index is 0.123. The lowest BCUT2D eigenvalue weighted by molar-refractivity contribution is -0.121. The molecule has 0 saturated heterocycles. The van der Waals surface area contributed by atoms with Crippen LogP contribution in [0.1, 0.15) is 35.6 Å². The SMILES string of the molecule is COc1ccc(CCC(=O)NC2CCc3ccccc32)cc1. The molecule has 22 heavy (non-hydrogen) atoms. The van der Waals surface area contributed by atoms with E-state index < -0.39 is 0 Å². The second-order valence-electron chi connectivity index (χ2n) is 5.71. The number of carbonyl (C=O) groups excluding carboxylic acids is 1. The Morgan fingerprint density at radius 1 is 1.18 bits per heavy atom. The second kappa shape index (κ2) is 6.65. The van der Waals surface area contributed by atoms with Gasteiger partial charge < -0.3 is 10.1 Å². The summed E-state index contributed by atoms with van der Waals surface area (Å²) in [6.07, 6.45) is 3.34. The van der Waals surface area contributed by atoms with E-state index in [1.807, 2.05) is 30.3 Å². The van der Waals surface area contributed by atoms with Crippen LogP contribution in [-0.2, 0) is 17.6 Å². The molecular formula is C19H21NO2. The first-order valence-electron chi connectivity index (χ1n) is 7.76. The number of rotatable bonds is 5. The van der Waals surface area contributed by atoms with Gasteiger partial charge in [-0.1, -0.05) is 36.4 Å². The summed E-state index contributed by atoms with van der Waals surface area (Å²) in [6, 6.07) is 16.4. The Labute approximate surface area is 131 Å². The van der Waals surface area contributed by atoms with Crippen molar-refractivity contribution in [2.24, 2.45) is 0 Å².